The topological polar surface area (TPSA) is 0 Å². The second-order valence-corrected chi connectivity index (χ2v) is 0. The Morgan fingerprint density at radius 1 is 1.20 bits per heavy atom. The molecule has 0 spiro atoms. The summed E-state index contributed by atoms with van der Waals surface area (Å²) in [6.45, 7) is 0. The van der Waals surface area contributed by atoms with Crippen molar-refractivity contribution in [1.82, 2.24) is 0 Å². The molecule has 0 N–H and O–H groups in total. The molecule has 31 valence electrons. The molecule has 0 amide bonds. The van der Waals surface area contributed by atoms with E-state index in [1.807, 2.05) is 0 Å². The summed E-state index contributed by atoms with van der Waals surface area (Å²) < 4.78 is 0. The van der Waals surface area contributed by atoms with Gasteiger partial charge in [0.1, 0.15) is 0 Å². The van der Waals surface area contributed by atoms with E-state index in [1.165, 1.54) is 0 Å². The average molecular weight is 247 g/mol. The first-order chi connectivity index (χ1) is 1.00. The van der Waals surface area contributed by atoms with Crippen LogP contribution in [0.25, 0.3) is 0 Å². The van der Waals surface area contributed by atoms with E-state index < -0.39 is 0 Å². The van der Waals surface area contributed by atoms with Crippen LogP contribution in [-0.4, -0.2) is 25.8 Å². The second kappa shape index (κ2) is 35.0. The third kappa shape index (κ3) is 22.8. The van der Waals surface area contributed by atoms with Crippen LogP contribution in [0.5, 0.6) is 0 Å². The van der Waals surface area contributed by atoms with E-state index in [9.17, 15) is 0 Å². The fraction of sp³-hybridized carbons (Fsp3) is 0. The third-order valence-corrected chi connectivity index (χ3v) is 0. The molecule has 0 bridgehead atoms. The molecular weight excluding hydrogens is 241 g/mol. The maximum atomic E-state index is 3.89. The molecule has 0 nitrogen and oxygen atoms in total. The van der Waals surface area contributed by atoms with Crippen LogP contribution in [0.4, 0.5) is 0 Å². The maximum absolute atomic E-state index is 3.89. The predicted molar refractivity (Wildman–Crippen MR) is 42.9 cm³/mol. The van der Waals surface area contributed by atoms with Crippen molar-refractivity contribution in [2.75, 3.05) is 0 Å². The first-order valence-electron chi connectivity index (χ1n) is 0.204. The molecule has 0 rings (SSSR count). The van der Waals surface area contributed by atoms with E-state index in [0.29, 0.717) is 0 Å². The van der Waals surface area contributed by atoms with Gasteiger partial charge in [-0.1, -0.05) is 11.8 Å². The zero-order valence-electron chi connectivity index (χ0n) is 2.69. The standard InChI is InChI=1S/In.HPS.H3P.H2S/c;1-2;;/h;1H;1H3;1H2. The van der Waals surface area contributed by atoms with Gasteiger partial charge in [0.15, 0.2) is 0 Å². The van der Waals surface area contributed by atoms with Gasteiger partial charge in [-0.2, -0.15) is 23.4 Å². The smallest absolute Gasteiger partial charge is 0 e. The van der Waals surface area contributed by atoms with E-state index in [0.717, 1.165) is 0 Å². The zero-order valence-corrected chi connectivity index (χ0v) is 10.2. The van der Waals surface area contributed by atoms with Crippen LogP contribution in [-0.2, 0) is 11.8 Å². The molecule has 0 aliphatic carbocycles. The second-order valence-electron chi connectivity index (χ2n) is 0. The number of hydrogen-bond donors (Lipinski definition) is 0. The molecule has 0 saturated carbocycles. The van der Waals surface area contributed by atoms with Crippen molar-refractivity contribution < 1.29 is 0 Å². The monoisotopic (exact) mass is 247 g/mol. The summed E-state index contributed by atoms with van der Waals surface area (Å²) in [5.41, 5.74) is 0. The molecule has 3 radical (unpaired) electrons. The van der Waals surface area contributed by atoms with Gasteiger partial charge in [-0.3, -0.25) is 0 Å². The summed E-state index contributed by atoms with van der Waals surface area (Å²) in [5.74, 6) is 0. The molecule has 5 heteroatoms. The molecular formula is H6InP2S2. The molecule has 0 aromatic carbocycles. The summed E-state index contributed by atoms with van der Waals surface area (Å²) in [7, 11) is 2.56. The molecule has 1 atom stereocenters. The molecule has 0 fully saturated rings. The van der Waals surface area contributed by atoms with Crippen molar-refractivity contribution in [3.05, 3.63) is 0 Å². The van der Waals surface area contributed by atoms with Gasteiger partial charge in [-0.15, -0.1) is 0 Å². The number of rotatable bonds is 0. The van der Waals surface area contributed by atoms with Crippen molar-refractivity contribution in [2.24, 2.45) is 0 Å². The summed E-state index contributed by atoms with van der Waals surface area (Å²) in [4.78, 5) is 0. The Labute approximate surface area is 68.6 Å². The Bertz CT molecular complexity index is 7.61. The van der Waals surface area contributed by atoms with Crippen LogP contribution in [0.1, 0.15) is 0 Å². The minimum Gasteiger partial charge on any atom is -0.197 e. The molecule has 0 heterocycles. The fourth-order valence-corrected chi connectivity index (χ4v) is 0. The van der Waals surface area contributed by atoms with Gasteiger partial charge in [0, 0.05) is 25.8 Å². The Morgan fingerprint density at radius 2 is 1.20 bits per heavy atom. The zero-order chi connectivity index (χ0) is 2.00. The van der Waals surface area contributed by atoms with Gasteiger partial charge >= 0.3 is 0 Å². The summed E-state index contributed by atoms with van der Waals surface area (Å²) in [6.07, 6.45) is 0. The Kier molecular flexibility index (Phi) is 190. The quantitative estimate of drug-likeness (QED) is 0.557. The summed E-state index contributed by atoms with van der Waals surface area (Å²) in [5, 5.41) is 0. The van der Waals surface area contributed by atoms with Gasteiger partial charge in [-0.25, -0.2) is 0 Å². The Hall–Kier alpha value is 2.17. The molecule has 0 saturated heterocycles. The van der Waals surface area contributed by atoms with Gasteiger partial charge in [-0.05, 0) is 8.02 Å². The molecule has 1 unspecified atom stereocenters. The van der Waals surface area contributed by atoms with Crippen LogP contribution < -0.4 is 0 Å². The SMILES string of the molecule is P.P=S.S.[In]. The van der Waals surface area contributed by atoms with E-state index in [-0.39, 0.29) is 49.2 Å². The molecule has 0 aromatic rings. The third-order valence-electron chi connectivity index (χ3n) is 0. The van der Waals surface area contributed by atoms with Crippen molar-refractivity contribution in [2.45, 2.75) is 0 Å². The molecule has 0 aromatic heterocycles. The minimum atomic E-state index is 0. The van der Waals surface area contributed by atoms with Crippen LogP contribution in [0, 0.1) is 0 Å². The van der Waals surface area contributed by atoms with Crippen LogP contribution >= 0.6 is 31.4 Å². The van der Waals surface area contributed by atoms with E-state index >= 15 is 0 Å². The largest absolute Gasteiger partial charge is 0.197 e. The normalized spacial score (nSPS) is 0.800. The average Bonchev–Trinajstić information content (AvgIpc) is 1.00. The van der Waals surface area contributed by atoms with E-state index in [4.69, 9.17) is 0 Å². The fourth-order valence-electron chi connectivity index (χ4n) is 0. The van der Waals surface area contributed by atoms with Gasteiger partial charge in [0.05, 0.1) is 0 Å². The van der Waals surface area contributed by atoms with Crippen LogP contribution in [0.2, 0.25) is 0 Å². The van der Waals surface area contributed by atoms with E-state index in [1.54, 1.807) is 0 Å². The molecule has 5 heavy (non-hydrogen) atoms. The van der Waals surface area contributed by atoms with Gasteiger partial charge in [0.2, 0.25) is 0 Å². The van der Waals surface area contributed by atoms with Crippen molar-refractivity contribution >= 4 is 69.1 Å². The maximum Gasteiger partial charge on any atom is 0 e. The van der Waals surface area contributed by atoms with Crippen LogP contribution in [0.15, 0.2) is 0 Å². The van der Waals surface area contributed by atoms with E-state index in [2.05, 4.69) is 19.8 Å². The predicted octanol–water partition coefficient (Wildman–Crippen LogP) is 0.381. The Morgan fingerprint density at radius 3 is 1.20 bits per heavy atom. The van der Waals surface area contributed by atoms with Gasteiger partial charge in [0.25, 0.3) is 0 Å². The summed E-state index contributed by atoms with van der Waals surface area (Å²) >= 11 is 3.89. The first kappa shape index (κ1) is 27.2. The number of hydrogen-bond acceptors (Lipinski definition) is 1. The molecule has 0 aliphatic heterocycles. The molecule has 0 aliphatic rings. The first-order valence-corrected chi connectivity index (χ1v) is 1.84. The van der Waals surface area contributed by atoms with Gasteiger partial charge < -0.3 is 0 Å². The summed E-state index contributed by atoms with van der Waals surface area (Å²) in [6, 6.07) is 0. The Balaban J connectivity index is -0.00000000167. The van der Waals surface area contributed by atoms with Crippen molar-refractivity contribution in [1.29, 1.82) is 0 Å². The van der Waals surface area contributed by atoms with Crippen molar-refractivity contribution in [3.63, 3.8) is 0 Å². The van der Waals surface area contributed by atoms with Crippen molar-refractivity contribution in [3.8, 4) is 0 Å². The minimum absolute atomic E-state index is 0. The van der Waals surface area contributed by atoms with Crippen LogP contribution in [0.3, 0.4) is 0 Å².